The zero-order valence-electron chi connectivity index (χ0n) is 15.4. The van der Waals surface area contributed by atoms with Crippen LogP contribution in [0.5, 0.6) is 0 Å². The third-order valence-corrected chi connectivity index (χ3v) is 4.44. The Bertz CT molecular complexity index is 697. The van der Waals surface area contributed by atoms with Crippen molar-refractivity contribution in [2.45, 2.75) is 39.2 Å². The smallest absolute Gasteiger partial charge is 0.410 e. The topological polar surface area (TPSA) is 38.8 Å². The number of carbonyl (C=O) groups is 1. The van der Waals surface area contributed by atoms with Crippen LogP contribution in [-0.2, 0) is 9.47 Å². The summed E-state index contributed by atoms with van der Waals surface area (Å²) in [4.78, 5) is 14.0. The van der Waals surface area contributed by atoms with E-state index in [1.54, 1.807) is 4.90 Å². The Kier molecular flexibility index (Phi) is 5.28. The summed E-state index contributed by atoms with van der Waals surface area (Å²) in [6.45, 7) is 8.45. The van der Waals surface area contributed by atoms with Gasteiger partial charge in [0.2, 0.25) is 0 Å². The van der Waals surface area contributed by atoms with Crippen LogP contribution in [0.25, 0.3) is 11.1 Å². The van der Waals surface area contributed by atoms with Crippen LogP contribution >= 0.6 is 0 Å². The van der Waals surface area contributed by atoms with Gasteiger partial charge in [-0.2, -0.15) is 0 Å². The molecule has 0 N–H and O–H groups in total. The molecule has 1 aromatic rings. The highest BCUT2D eigenvalue weighted by Gasteiger charge is 2.24. The SMILES string of the molecule is CC(C)(C)OC(=O)N1CC=C(c2ccccc2C2=CCOCC2)CC1. The number of benzene rings is 1. The van der Waals surface area contributed by atoms with Crippen LogP contribution in [0.15, 0.2) is 36.4 Å². The molecule has 1 aromatic carbocycles. The van der Waals surface area contributed by atoms with E-state index in [0.717, 1.165) is 19.4 Å². The van der Waals surface area contributed by atoms with Crippen molar-refractivity contribution in [3.05, 3.63) is 47.5 Å². The molecule has 0 spiro atoms. The maximum Gasteiger partial charge on any atom is 0.410 e. The fourth-order valence-electron chi connectivity index (χ4n) is 3.22. The van der Waals surface area contributed by atoms with Gasteiger partial charge >= 0.3 is 6.09 Å². The second-order valence-corrected chi connectivity index (χ2v) is 7.51. The second-order valence-electron chi connectivity index (χ2n) is 7.51. The number of nitrogens with zero attached hydrogens (tertiary/aromatic N) is 1. The summed E-state index contributed by atoms with van der Waals surface area (Å²) in [5.41, 5.74) is 4.78. The van der Waals surface area contributed by atoms with E-state index in [1.807, 2.05) is 20.8 Å². The molecule has 2 heterocycles. The molecule has 4 heteroatoms. The molecule has 0 unspecified atom stereocenters. The molecule has 0 bridgehead atoms. The highest BCUT2D eigenvalue weighted by atomic mass is 16.6. The van der Waals surface area contributed by atoms with Crippen LogP contribution in [0.3, 0.4) is 0 Å². The molecule has 4 nitrogen and oxygen atoms in total. The molecule has 0 aliphatic carbocycles. The minimum absolute atomic E-state index is 0.233. The number of amides is 1. The van der Waals surface area contributed by atoms with Gasteiger partial charge in [-0.3, -0.25) is 0 Å². The van der Waals surface area contributed by atoms with Gasteiger partial charge < -0.3 is 14.4 Å². The molecular formula is C21H27NO3. The molecule has 0 saturated carbocycles. The largest absolute Gasteiger partial charge is 0.444 e. The molecule has 2 aliphatic heterocycles. The van der Waals surface area contributed by atoms with Gasteiger partial charge in [-0.15, -0.1) is 0 Å². The van der Waals surface area contributed by atoms with Gasteiger partial charge in [0.25, 0.3) is 0 Å². The van der Waals surface area contributed by atoms with Crippen molar-refractivity contribution >= 4 is 17.2 Å². The molecule has 1 amide bonds. The van der Waals surface area contributed by atoms with Gasteiger partial charge in [0.15, 0.2) is 0 Å². The quantitative estimate of drug-likeness (QED) is 0.794. The molecule has 0 aromatic heterocycles. The van der Waals surface area contributed by atoms with E-state index < -0.39 is 5.60 Å². The highest BCUT2D eigenvalue weighted by Crippen LogP contribution is 2.32. The summed E-state index contributed by atoms with van der Waals surface area (Å²) in [5.74, 6) is 0. The maximum absolute atomic E-state index is 12.2. The van der Waals surface area contributed by atoms with E-state index in [9.17, 15) is 4.79 Å². The van der Waals surface area contributed by atoms with E-state index >= 15 is 0 Å². The molecule has 2 aliphatic rings. The predicted octanol–water partition coefficient (Wildman–Crippen LogP) is 4.51. The number of hydrogen-bond acceptors (Lipinski definition) is 3. The van der Waals surface area contributed by atoms with E-state index in [4.69, 9.17) is 9.47 Å². The zero-order chi connectivity index (χ0) is 17.9. The van der Waals surface area contributed by atoms with Gasteiger partial charge in [-0.05, 0) is 55.9 Å². The Balaban J connectivity index is 1.76. The van der Waals surface area contributed by atoms with Crippen LogP contribution < -0.4 is 0 Å². The zero-order valence-corrected chi connectivity index (χ0v) is 15.4. The molecule has 25 heavy (non-hydrogen) atoms. The van der Waals surface area contributed by atoms with Crippen molar-refractivity contribution in [2.24, 2.45) is 0 Å². The van der Waals surface area contributed by atoms with E-state index in [0.29, 0.717) is 19.7 Å². The summed E-state index contributed by atoms with van der Waals surface area (Å²) >= 11 is 0. The van der Waals surface area contributed by atoms with Gasteiger partial charge in [0.1, 0.15) is 5.60 Å². The lowest BCUT2D eigenvalue weighted by molar-refractivity contribution is 0.0270. The second kappa shape index (κ2) is 7.44. The Morgan fingerprint density at radius 3 is 2.28 bits per heavy atom. The van der Waals surface area contributed by atoms with Crippen LogP contribution in [0.4, 0.5) is 4.79 Å². The fourth-order valence-corrected chi connectivity index (χ4v) is 3.22. The maximum atomic E-state index is 12.2. The molecule has 0 radical (unpaired) electrons. The van der Waals surface area contributed by atoms with Gasteiger partial charge in [0, 0.05) is 13.1 Å². The summed E-state index contributed by atoms with van der Waals surface area (Å²) in [6, 6.07) is 8.54. The van der Waals surface area contributed by atoms with Crippen molar-refractivity contribution < 1.29 is 14.3 Å². The summed E-state index contributed by atoms with van der Waals surface area (Å²) in [7, 11) is 0. The molecular weight excluding hydrogens is 314 g/mol. The minimum atomic E-state index is -0.455. The summed E-state index contributed by atoms with van der Waals surface area (Å²) in [5, 5.41) is 0. The third kappa shape index (κ3) is 4.51. The minimum Gasteiger partial charge on any atom is -0.444 e. The molecule has 0 fully saturated rings. The monoisotopic (exact) mass is 341 g/mol. The highest BCUT2D eigenvalue weighted by molar-refractivity contribution is 5.81. The van der Waals surface area contributed by atoms with Crippen LogP contribution in [0.1, 0.15) is 44.7 Å². The van der Waals surface area contributed by atoms with Crippen LogP contribution in [0.2, 0.25) is 0 Å². The first kappa shape index (κ1) is 17.7. The number of ether oxygens (including phenoxy) is 2. The Labute approximate surface area is 150 Å². The molecule has 0 atom stereocenters. The van der Waals surface area contributed by atoms with Gasteiger partial charge in [-0.1, -0.05) is 36.4 Å². The molecule has 134 valence electrons. The van der Waals surface area contributed by atoms with Crippen molar-refractivity contribution in [3.63, 3.8) is 0 Å². The number of rotatable bonds is 2. The lowest BCUT2D eigenvalue weighted by Gasteiger charge is -2.30. The fraction of sp³-hybridized carbons (Fsp3) is 0.476. The van der Waals surface area contributed by atoms with Crippen molar-refractivity contribution in [3.8, 4) is 0 Å². The van der Waals surface area contributed by atoms with E-state index in [2.05, 4.69) is 36.4 Å². The summed E-state index contributed by atoms with van der Waals surface area (Å²) < 4.78 is 10.9. The predicted molar refractivity (Wildman–Crippen MR) is 100 cm³/mol. The first-order chi connectivity index (χ1) is 11.9. The van der Waals surface area contributed by atoms with Crippen molar-refractivity contribution in [1.29, 1.82) is 0 Å². The van der Waals surface area contributed by atoms with E-state index in [-0.39, 0.29) is 6.09 Å². The van der Waals surface area contributed by atoms with Crippen molar-refractivity contribution in [1.82, 2.24) is 4.90 Å². The van der Waals surface area contributed by atoms with Crippen molar-refractivity contribution in [2.75, 3.05) is 26.3 Å². The summed E-state index contributed by atoms with van der Waals surface area (Å²) in [6.07, 6.45) is 5.90. The lowest BCUT2D eigenvalue weighted by atomic mass is 9.89. The van der Waals surface area contributed by atoms with E-state index in [1.165, 1.54) is 22.3 Å². The third-order valence-electron chi connectivity index (χ3n) is 4.44. The van der Waals surface area contributed by atoms with Gasteiger partial charge in [-0.25, -0.2) is 4.79 Å². The molecule has 0 saturated heterocycles. The van der Waals surface area contributed by atoms with Crippen LogP contribution in [-0.4, -0.2) is 42.9 Å². The normalized spacial score (nSPS) is 18.4. The van der Waals surface area contributed by atoms with Crippen LogP contribution in [0, 0.1) is 0 Å². The Morgan fingerprint density at radius 2 is 1.76 bits per heavy atom. The Hall–Kier alpha value is -2.07. The number of hydrogen-bond donors (Lipinski definition) is 0. The average Bonchev–Trinajstić information content (AvgIpc) is 2.61. The van der Waals surface area contributed by atoms with Gasteiger partial charge in [0.05, 0.1) is 13.2 Å². The number of carbonyl (C=O) groups excluding carboxylic acids is 1. The Morgan fingerprint density at radius 1 is 1.08 bits per heavy atom. The average molecular weight is 341 g/mol. The molecule has 3 rings (SSSR count). The first-order valence-electron chi connectivity index (χ1n) is 8.97. The lowest BCUT2D eigenvalue weighted by Crippen LogP contribution is -2.39. The first-order valence-corrected chi connectivity index (χ1v) is 8.97. The standard InChI is InChI=1S/C21H27NO3/c1-21(2,3)25-20(23)22-12-8-16(9-13-22)18-6-4-5-7-19(18)17-10-14-24-15-11-17/h4-8,10H,9,11-15H2,1-3H3.